The lowest BCUT2D eigenvalue weighted by Gasteiger charge is -2.31. The van der Waals surface area contributed by atoms with Gasteiger partial charge in [0.05, 0.1) is 39.3 Å². The zero-order valence-electron chi connectivity index (χ0n) is 15.7. The van der Waals surface area contributed by atoms with Gasteiger partial charge < -0.3 is 15.1 Å². The highest BCUT2D eigenvalue weighted by molar-refractivity contribution is 9.10. The van der Waals surface area contributed by atoms with Crippen LogP contribution < -0.4 is 10.2 Å². The second kappa shape index (κ2) is 10.2. The maximum atomic E-state index is 12.4. The molecule has 1 saturated heterocycles. The van der Waals surface area contributed by atoms with Gasteiger partial charge in [-0.05, 0) is 35.9 Å². The molecule has 5 nitrogen and oxygen atoms in total. The summed E-state index contributed by atoms with van der Waals surface area (Å²) in [5, 5.41) is 2.72. The number of nitrogens with zero attached hydrogens (tertiary/aromatic N) is 1. The summed E-state index contributed by atoms with van der Waals surface area (Å²) in [6.45, 7) is 4.29. The molecule has 1 aliphatic rings. The first kappa shape index (κ1) is 20.3. The highest BCUT2D eigenvalue weighted by Gasteiger charge is 2.23. The largest absolute Gasteiger partial charge is 0.343 e. The Labute approximate surface area is 174 Å². The molecule has 0 atom stereocenters. The minimum atomic E-state index is -0.226. The van der Waals surface area contributed by atoms with Gasteiger partial charge in [-0.2, -0.15) is 0 Å². The van der Waals surface area contributed by atoms with Crippen molar-refractivity contribution in [3.8, 4) is 0 Å². The van der Waals surface area contributed by atoms with Crippen molar-refractivity contribution in [2.24, 2.45) is 0 Å². The SMILES string of the molecule is O=C(NCC(=O)N1CC[NH+](C/C=C/c2ccccc2)CC1)c1ccc(Br)cc1. The topological polar surface area (TPSA) is 53.9 Å². The molecule has 6 heteroatoms. The van der Waals surface area contributed by atoms with Crippen LogP contribution in [0.25, 0.3) is 6.08 Å². The van der Waals surface area contributed by atoms with Crippen LogP contribution in [0.1, 0.15) is 15.9 Å². The Balaban J connectivity index is 1.38. The monoisotopic (exact) mass is 442 g/mol. The summed E-state index contributed by atoms with van der Waals surface area (Å²) in [4.78, 5) is 27.8. The molecule has 2 N–H and O–H groups in total. The first-order chi connectivity index (χ1) is 13.6. The molecule has 1 heterocycles. The van der Waals surface area contributed by atoms with Crippen LogP contribution >= 0.6 is 15.9 Å². The van der Waals surface area contributed by atoms with E-state index in [-0.39, 0.29) is 18.4 Å². The van der Waals surface area contributed by atoms with Gasteiger partial charge >= 0.3 is 0 Å². The molecule has 0 bridgehead atoms. The fraction of sp³-hybridized carbons (Fsp3) is 0.273. The summed E-state index contributed by atoms with van der Waals surface area (Å²) < 4.78 is 0.916. The summed E-state index contributed by atoms with van der Waals surface area (Å²) in [6.07, 6.45) is 4.34. The van der Waals surface area contributed by atoms with Crippen LogP contribution in [-0.4, -0.2) is 56.0 Å². The molecule has 0 unspecified atom stereocenters. The maximum Gasteiger partial charge on any atom is 0.251 e. The predicted molar refractivity (Wildman–Crippen MR) is 114 cm³/mol. The van der Waals surface area contributed by atoms with Crippen molar-refractivity contribution >= 4 is 33.8 Å². The fourth-order valence-electron chi connectivity index (χ4n) is 3.17. The average molecular weight is 443 g/mol. The minimum absolute atomic E-state index is 0.0238. The quantitative estimate of drug-likeness (QED) is 0.713. The zero-order chi connectivity index (χ0) is 19.8. The minimum Gasteiger partial charge on any atom is -0.343 e. The Bertz CT molecular complexity index is 813. The number of piperazine rings is 1. The van der Waals surface area contributed by atoms with Gasteiger partial charge in [0.1, 0.15) is 0 Å². The molecule has 2 amide bonds. The summed E-state index contributed by atoms with van der Waals surface area (Å²) in [5.41, 5.74) is 1.76. The lowest BCUT2D eigenvalue weighted by molar-refractivity contribution is -0.898. The highest BCUT2D eigenvalue weighted by Crippen LogP contribution is 2.10. The number of carbonyl (C=O) groups excluding carboxylic acids is 2. The molecule has 1 aliphatic heterocycles. The smallest absolute Gasteiger partial charge is 0.251 e. The highest BCUT2D eigenvalue weighted by atomic mass is 79.9. The van der Waals surface area contributed by atoms with Crippen LogP contribution in [0.5, 0.6) is 0 Å². The third kappa shape index (κ3) is 6.04. The van der Waals surface area contributed by atoms with Gasteiger partial charge in [-0.3, -0.25) is 9.59 Å². The van der Waals surface area contributed by atoms with E-state index in [4.69, 9.17) is 0 Å². The summed E-state index contributed by atoms with van der Waals surface area (Å²) in [5.74, 6) is -0.250. The Morgan fingerprint density at radius 2 is 1.71 bits per heavy atom. The van der Waals surface area contributed by atoms with Gasteiger partial charge in [0.2, 0.25) is 5.91 Å². The normalized spacial score (nSPS) is 15.0. The van der Waals surface area contributed by atoms with E-state index in [0.29, 0.717) is 5.56 Å². The third-order valence-electron chi connectivity index (χ3n) is 4.85. The van der Waals surface area contributed by atoms with Crippen LogP contribution in [-0.2, 0) is 4.79 Å². The number of rotatable bonds is 6. The van der Waals surface area contributed by atoms with E-state index >= 15 is 0 Å². The number of carbonyl (C=O) groups is 2. The molecular weight excluding hydrogens is 418 g/mol. The van der Waals surface area contributed by atoms with E-state index in [1.807, 2.05) is 35.2 Å². The van der Waals surface area contributed by atoms with Crippen molar-refractivity contribution < 1.29 is 14.5 Å². The van der Waals surface area contributed by atoms with E-state index in [2.05, 4.69) is 45.5 Å². The molecule has 0 radical (unpaired) electrons. The second-order valence-corrected chi connectivity index (χ2v) is 7.75. The lowest BCUT2D eigenvalue weighted by Crippen LogP contribution is -3.14. The molecule has 3 rings (SSSR count). The maximum absolute atomic E-state index is 12.4. The van der Waals surface area contributed by atoms with Gasteiger partial charge in [0.25, 0.3) is 5.91 Å². The van der Waals surface area contributed by atoms with Crippen LogP contribution in [0.4, 0.5) is 0 Å². The van der Waals surface area contributed by atoms with E-state index in [9.17, 15) is 9.59 Å². The Morgan fingerprint density at radius 3 is 2.39 bits per heavy atom. The molecule has 2 aromatic carbocycles. The molecule has 0 saturated carbocycles. The Hall–Kier alpha value is -2.44. The van der Waals surface area contributed by atoms with Crippen molar-refractivity contribution in [3.05, 3.63) is 76.3 Å². The van der Waals surface area contributed by atoms with Crippen LogP contribution in [0.2, 0.25) is 0 Å². The number of quaternary nitrogens is 1. The van der Waals surface area contributed by atoms with E-state index < -0.39 is 0 Å². The standard InChI is InChI=1S/C22H24BrN3O2/c23-20-10-8-19(9-11-20)22(28)24-17-21(27)26-15-13-25(14-16-26)12-4-7-18-5-2-1-3-6-18/h1-11H,12-17H2,(H,24,28)/p+1/b7-4+. The van der Waals surface area contributed by atoms with Gasteiger partial charge in [-0.15, -0.1) is 0 Å². The van der Waals surface area contributed by atoms with Gasteiger partial charge in [-0.25, -0.2) is 0 Å². The average Bonchev–Trinajstić information content (AvgIpc) is 2.73. The summed E-state index contributed by atoms with van der Waals surface area (Å²) in [7, 11) is 0. The molecular formula is C22H25BrN3O2+. The van der Waals surface area contributed by atoms with E-state index in [1.165, 1.54) is 10.5 Å². The van der Waals surface area contributed by atoms with Crippen molar-refractivity contribution in [3.63, 3.8) is 0 Å². The number of halogens is 1. The number of hydrogen-bond acceptors (Lipinski definition) is 2. The molecule has 1 fully saturated rings. The predicted octanol–water partition coefficient (Wildman–Crippen LogP) is 1.62. The van der Waals surface area contributed by atoms with Crippen molar-refractivity contribution in [1.82, 2.24) is 10.2 Å². The van der Waals surface area contributed by atoms with Crippen LogP contribution in [0.15, 0.2) is 65.1 Å². The van der Waals surface area contributed by atoms with Crippen LogP contribution in [0.3, 0.4) is 0 Å². The fourth-order valence-corrected chi connectivity index (χ4v) is 3.44. The van der Waals surface area contributed by atoms with Gasteiger partial charge in [0, 0.05) is 10.0 Å². The Kier molecular flexibility index (Phi) is 7.39. The number of hydrogen-bond donors (Lipinski definition) is 2. The van der Waals surface area contributed by atoms with Crippen molar-refractivity contribution in [2.75, 3.05) is 39.3 Å². The van der Waals surface area contributed by atoms with Crippen molar-refractivity contribution in [1.29, 1.82) is 0 Å². The molecule has 146 valence electrons. The van der Waals surface area contributed by atoms with Crippen molar-refractivity contribution in [2.45, 2.75) is 0 Å². The van der Waals surface area contributed by atoms with E-state index in [1.54, 1.807) is 12.1 Å². The number of amides is 2. The summed E-state index contributed by atoms with van der Waals surface area (Å²) >= 11 is 3.34. The molecule has 28 heavy (non-hydrogen) atoms. The number of benzene rings is 2. The first-order valence-corrected chi connectivity index (χ1v) is 10.3. The molecule has 2 aromatic rings. The van der Waals surface area contributed by atoms with E-state index in [0.717, 1.165) is 37.2 Å². The third-order valence-corrected chi connectivity index (χ3v) is 5.37. The molecule has 0 aliphatic carbocycles. The lowest BCUT2D eigenvalue weighted by atomic mass is 10.2. The number of nitrogens with one attached hydrogen (secondary N) is 2. The van der Waals surface area contributed by atoms with Gasteiger partial charge in [0.15, 0.2) is 0 Å². The second-order valence-electron chi connectivity index (χ2n) is 6.84. The van der Waals surface area contributed by atoms with Gasteiger partial charge in [-0.1, -0.05) is 52.3 Å². The molecule has 0 aromatic heterocycles. The molecule has 0 spiro atoms. The summed E-state index contributed by atoms with van der Waals surface area (Å²) in [6, 6.07) is 17.3. The zero-order valence-corrected chi connectivity index (χ0v) is 17.3. The van der Waals surface area contributed by atoms with Crippen LogP contribution in [0, 0.1) is 0 Å². The first-order valence-electron chi connectivity index (χ1n) is 9.48. The Morgan fingerprint density at radius 1 is 1.04 bits per heavy atom.